The van der Waals surface area contributed by atoms with Crippen molar-refractivity contribution in [1.82, 2.24) is 15.0 Å². The number of quaternary nitrogens is 1. The van der Waals surface area contributed by atoms with E-state index in [0.717, 1.165) is 51.2 Å². The van der Waals surface area contributed by atoms with Crippen LogP contribution in [0.2, 0.25) is 0 Å². The van der Waals surface area contributed by atoms with E-state index in [2.05, 4.69) is 38.7 Å². The van der Waals surface area contributed by atoms with Gasteiger partial charge in [0.25, 0.3) is 0 Å². The number of ether oxygens (including phenoxy) is 1. The summed E-state index contributed by atoms with van der Waals surface area (Å²) in [4.78, 5) is 15.8. The molecule has 0 bridgehead atoms. The van der Waals surface area contributed by atoms with Gasteiger partial charge in [-0.05, 0) is 31.6 Å². The summed E-state index contributed by atoms with van der Waals surface area (Å²) in [6, 6.07) is 0. The molecule has 3 aromatic heterocycles. The summed E-state index contributed by atoms with van der Waals surface area (Å²) >= 11 is 3.26. The van der Waals surface area contributed by atoms with Gasteiger partial charge in [-0.3, -0.25) is 0 Å². The van der Waals surface area contributed by atoms with Crippen molar-refractivity contribution < 1.29 is 10.5 Å². The van der Waals surface area contributed by atoms with Crippen molar-refractivity contribution in [3.8, 4) is 0 Å². The summed E-state index contributed by atoms with van der Waals surface area (Å²) in [5, 5.41) is 5.41. The monoisotopic (exact) mass is 418 g/mol. The normalized spacial score (nSPS) is 16.1. The number of nitrogens with zero attached hydrogens (tertiary/aromatic N) is 3. The molecule has 4 heterocycles. The van der Waals surface area contributed by atoms with Gasteiger partial charge in [0.15, 0.2) is 5.16 Å². The fraction of sp³-hybridized carbons (Fsp3) is 0.550. The Hall–Kier alpha value is -1.48. The summed E-state index contributed by atoms with van der Waals surface area (Å²) in [5.74, 6) is 1.25. The average Bonchev–Trinajstić information content (AvgIpc) is 3.03. The molecular weight excluding hydrogens is 390 g/mol. The number of thiophene rings is 1. The highest BCUT2D eigenvalue weighted by Gasteiger charge is 2.32. The highest BCUT2D eigenvalue weighted by atomic mass is 32.2. The molecule has 1 aliphatic rings. The van der Waals surface area contributed by atoms with Crippen LogP contribution in [0.4, 0.5) is 5.82 Å². The molecule has 0 amide bonds. The lowest BCUT2D eigenvalue weighted by molar-refractivity contribution is -0.362. The van der Waals surface area contributed by atoms with Gasteiger partial charge in [-0.15, -0.1) is 11.3 Å². The molecule has 0 aromatic carbocycles. The van der Waals surface area contributed by atoms with E-state index in [-0.39, 0.29) is 5.60 Å². The van der Waals surface area contributed by atoms with E-state index in [1.54, 1.807) is 23.1 Å². The first kappa shape index (κ1) is 19.8. The van der Waals surface area contributed by atoms with Crippen molar-refractivity contribution in [3.05, 3.63) is 16.8 Å². The molecule has 0 aliphatic carbocycles. The highest BCUT2D eigenvalue weighted by molar-refractivity contribution is 7.98. The third-order valence-corrected chi connectivity index (χ3v) is 6.73. The molecule has 28 heavy (non-hydrogen) atoms. The molecule has 4 N–H and O–H groups in total. The second kappa shape index (κ2) is 7.40. The molecule has 3 aromatic rings. The maximum atomic E-state index is 6.15. The lowest BCUT2D eigenvalue weighted by Gasteiger charge is -2.33. The molecule has 0 fully saturated rings. The van der Waals surface area contributed by atoms with Gasteiger partial charge in [-0.2, -0.15) is 0 Å². The summed E-state index contributed by atoms with van der Waals surface area (Å²) in [6.07, 6.45) is 2.88. The largest absolute Gasteiger partial charge is 0.370 e. The molecule has 0 saturated carbocycles. The Morgan fingerprint density at radius 1 is 1.25 bits per heavy atom. The molecule has 0 saturated heterocycles. The summed E-state index contributed by atoms with van der Waals surface area (Å²) < 4.78 is 7.23. The number of rotatable bonds is 5. The van der Waals surface area contributed by atoms with Gasteiger partial charge in [-0.25, -0.2) is 15.0 Å². The number of hydrogen-bond donors (Lipinski definition) is 2. The molecule has 6 nitrogen and oxygen atoms in total. The first-order valence-corrected chi connectivity index (χ1v) is 11.8. The number of hydrogen-bond acceptors (Lipinski definition) is 7. The minimum atomic E-state index is -0.186. The molecule has 0 atom stereocenters. The molecule has 0 spiro atoms. The van der Waals surface area contributed by atoms with Crippen LogP contribution < -0.4 is 11.1 Å². The van der Waals surface area contributed by atoms with Gasteiger partial charge in [-0.1, -0.05) is 25.6 Å². The third-order valence-electron chi connectivity index (χ3n) is 5.10. The van der Waals surface area contributed by atoms with Crippen LogP contribution in [-0.2, 0) is 17.8 Å². The van der Waals surface area contributed by atoms with Crippen LogP contribution in [0, 0.1) is 0 Å². The Labute approximate surface area is 173 Å². The Bertz CT molecular complexity index is 1040. The number of pyridine rings is 1. The smallest absolute Gasteiger partial charge is 0.189 e. The van der Waals surface area contributed by atoms with Crippen LogP contribution in [0.5, 0.6) is 0 Å². The lowest BCUT2D eigenvalue weighted by Crippen LogP contribution is -2.53. The van der Waals surface area contributed by atoms with Crippen LogP contribution in [0.3, 0.4) is 0 Å². The van der Waals surface area contributed by atoms with E-state index in [1.807, 2.05) is 6.26 Å². The van der Waals surface area contributed by atoms with Crippen LogP contribution >= 0.6 is 23.1 Å². The van der Waals surface area contributed by atoms with E-state index < -0.39 is 0 Å². The number of fused-ring (bicyclic) bond motifs is 5. The van der Waals surface area contributed by atoms with Crippen LogP contribution in [0.25, 0.3) is 20.4 Å². The lowest BCUT2D eigenvalue weighted by atomic mass is 9.87. The average molecular weight is 419 g/mol. The SMILES string of the molecule is CSc1nc(NCC[NH3+])c2sc3nc(C(C)C)c4c(c3c2n1)CC(C)(C)OC4. The summed E-state index contributed by atoms with van der Waals surface area (Å²) in [6.45, 7) is 10.9. The Morgan fingerprint density at radius 3 is 2.71 bits per heavy atom. The zero-order valence-corrected chi connectivity index (χ0v) is 18.8. The van der Waals surface area contributed by atoms with E-state index in [1.165, 1.54) is 16.5 Å². The number of nitrogens with one attached hydrogen (secondary N) is 1. The van der Waals surface area contributed by atoms with Crippen molar-refractivity contribution in [2.24, 2.45) is 0 Å². The van der Waals surface area contributed by atoms with E-state index in [0.29, 0.717) is 12.5 Å². The predicted octanol–water partition coefficient (Wildman–Crippen LogP) is 3.59. The van der Waals surface area contributed by atoms with Gasteiger partial charge >= 0.3 is 0 Å². The quantitative estimate of drug-likeness (QED) is 0.486. The standard InChI is InChI=1S/C20H27N5OS2/c1-10(2)14-12-9-26-20(3,4)8-11(12)13-15-16(28-18(13)23-14)17(22-7-6-21)25-19(24-15)27-5/h10H,6-9,21H2,1-5H3,(H,22,24,25)/p+1. The second-order valence-electron chi connectivity index (χ2n) is 8.13. The molecular formula is C20H28N5OS2+. The van der Waals surface area contributed by atoms with Crippen LogP contribution in [0.1, 0.15) is 50.4 Å². The van der Waals surface area contributed by atoms with Crippen LogP contribution in [0.15, 0.2) is 5.16 Å². The van der Waals surface area contributed by atoms with Crippen molar-refractivity contribution in [2.45, 2.75) is 57.4 Å². The number of thioether (sulfide) groups is 1. The predicted molar refractivity (Wildman–Crippen MR) is 117 cm³/mol. The Kier molecular flexibility index (Phi) is 5.24. The Balaban J connectivity index is 2.07. The third kappa shape index (κ3) is 3.36. The van der Waals surface area contributed by atoms with Crippen molar-refractivity contribution in [2.75, 3.05) is 24.7 Å². The van der Waals surface area contributed by atoms with E-state index in [9.17, 15) is 0 Å². The molecule has 0 radical (unpaired) electrons. The van der Waals surface area contributed by atoms with Gasteiger partial charge in [0.05, 0.1) is 41.2 Å². The summed E-state index contributed by atoms with van der Waals surface area (Å²) in [5.41, 5.74) is 8.51. The van der Waals surface area contributed by atoms with Crippen molar-refractivity contribution in [1.29, 1.82) is 0 Å². The fourth-order valence-electron chi connectivity index (χ4n) is 3.77. The Morgan fingerprint density at radius 2 is 2.04 bits per heavy atom. The zero-order valence-electron chi connectivity index (χ0n) is 17.2. The van der Waals surface area contributed by atoms with Gasteiger partial charge < -0.3 is 15.8 Å². The van der Waals surface area contributed by atoms with E-state index >= 15 is 0 Å². The summed E-state index contributed by atoms with van der Waals surface area (Å²) in [7, 11) is 0. The fourth-order valence-corrected chi connectivity index (χ4v) is 5.26. The number of anilines is 1. The molecule has 8 heteroatoms. The van der Waals surface area contributed by atoms with Gasteiger partial charge in [0.2, 0.25) is 0 Å². The maximum Gasteiger partial charge on any atom is 0.189 e. The van der Waals surface area contributed by atoms with Gasteiger partial charge in [0.1, 0.15) is 10.6 Å². The minimum Gasteiger partial charge on any atom is -0.370 e. The van der Waals surface area contributed by atoms with E-state index in [4.69, 9.17) is 19.7 Å². The minimum absolute atomic E-state index is 0.186. The first-order valence-electron chi connectivity index (χ1n) is 9.71. The van der Waals surface area contributed by atoms with Crippen molar-refractivity contribution >= 4 is 49.3 Å². The molecule has 1 aliphatic heterocycles. The topological polar surface area (TPSA) is 87.6 Å². The molecule has 0 unspecified atom stereocenters. The zero-order chi connectivity index (χ0) is 20.1. The second-order valence-corrected chi connectivity index (χ2v) is 9.91. The maximum absolute atomic E-state index is 6.15. The van der Waals surface area contributed by atoms with Crippen LogP contribution in [-0.4, -0.2) is 39.9 Å². The molecule has 150 valence electrons. The van der Waals surface area contributed by atoms with Gasteiger partial charge in [0, 0.05) is 17.4 Å². The van der Waals surface area contributed by atoms with Crippen molar-refractivity contribution in [3.63, 3.8) is 0 Å². The first-order chi connectivity index (χ1) is 13.3. The molecule has 4 rings (SSSR count). The highest BCUT2D eigenvalue weighted by Crippen LogP contribution is 2.43. The number of aromatic nitrogens is 3.